The Balaban J connectivity index is 1.98. The van der Waals surface area contributed by atoms with Crippen molar-refractivity contribution < 1.29 is 19.4 Å². The van der Waals surface area contributed by atoms with Gasteiger partial charge in [0, 0.05) is 16.8 Å². The average molecular weight is 524 g/mol. The highest BCUT2D eigenvalue weighted by Gasteiger charge is 2.47. The predicted octanol–water partition coefficient (Wildman–Crippen LogP) is 7.23. The molecule has 1 heterocycles. The molecule has 1 saturated heterocycles. The zero-order valence-electron chi connectivity index (χ0n) is 20.7. The fraction of sp³-hybridized carbons (Fsp3) is 0.241. The number of hydrogen-bond donors (Lipinski definition) is 1. The number of halogens is 2. The number of methoxy groups -OCH3 is 1. The zero-order valence-corrected chi connectivity index (χ0v) is 22.2. The highest BCUT2D eigenvalue weighted by Crippen LogP contribution is 2.44. The van der Waals surface area contributed by atoms with Crippen molar-refractivity contribution in [2.24, 2.45) is 0 Å². The van der Waals surface area contributed by atoms with Crippen LogP contribution in [0.15, 0.2) is 66.2 Å². The number of rotatable bonds is 4. The zero-order chi connectivity index (χ0) is 26.4. The number of amides is 1. The second-order valence-corrected chi connectivity index (χ2v) is 10.7. The molecular weight excluding hydrogens is 497 g/mol. The Morgan fingerprint density at radius 3 is 2.31 bits per heavy atom. The van der Waals surface area contributed by atoms with Crippen molar-refractivity contribution in [3.05, 3.63) is 98.5 Å². The quantitative estimate of drug-likeness (QED) is 0.222. The van der Waals surface area contributed by atoms with Crippen molar-refractivity contribution in [3.8, 4) is 5.75 Å². The Morgan fingerprint density at radius 1 is 0.972 bits per heavy atom. The van der Waals surface area contributed by atoms with E-state index < -0.39 is 17.7 Å². The summed E-state index contributed by atoms with van der Waals surface area (Å²) < 4.78 is 5.52. The van der Waals surface area contributed by atoms with Crippen molar-refractivity contribution in [2.45, 2.75) is 39.2 Å². The van der Waals surface area contributed by atoms with E-state index in [-0.39, 0.29) is 21.8 Å². The number of aliphatic hydroxyl groups excluding tert-OH is 1. The first kappa shape index (κ1) is 25.8. The number of hydrogen-bond acceptors (Lipinski definition) is 4. The molecule has 1 atom stereocenters. The molecule has 0 bridgehead atoms. The predicted molar refractivity (Wildman–Crippen MR) is 144 cm³/mol. The van der Waals surface area contributed by atoms with E-state index in [9.17, 15) is 14.7 Å². The number of aliphatic hydroxyl groups is 1. The van der Waals surface area contributed by atoms with Crippen LogP contribution in [-0.4, -0.2) is 23.9 Å². The van der Waals surface area contributed by atoms with Crippen LogP contribution in [0.3, 0.4) is 0 Å². The third-order valence-electron chi connectivity index (χ3n) is 6.26. The highest BCUT2D eigenvalue weighted by atomic mass is 35.5. The topological polar surface area (TPSA) is 66.8 Å². The molecule has 1 fully saturated rings. The minimum Gasteiger partial charge on any atom is -0.507 e. The standard InChI is InChI=1S/C29H27Cl2NO4/c1-16-7-6-8-19(13-16)32-25(17-9-11-21(30)22(31)15-17)24(27(34)28(32)35)26(33)18-10-12-23(36-5)20(14-18)29(2,3)4/h6-15,25,33H,1-5H3/b26-24-. The summed E-state index contributed by atoms with van der Waals surface area (Å²) in [5.41, 5.74) is 2.96. The summed E-state index contributed by atoms with van der Waals surface area (Å²) in [6.45, 7) is 7.99. The highest BCUT2D eigenvalue weighted by molar-refractivity contribution is 6.51. The van der Waals surface area contributed by atoms with Crippen LogP contribution in [0, 0.1) is 6.92 Å². The number of anilines is 1. The summed E-state index contributed by atoms with van der Waals surface area (Å²) in [7, 11) is 1.59. The van der Waals surface area contributed by atoms with E-state index in [0.717, 1.165) is 11.1 Å². The Bertz CT molecular complexity index is 1400. The van der Waals surface area contributed by atoms with Gasteiger partial charge < -0.3 is 9.84 Å². The molecule has 3 aromatic carbocycles. The van der Waals surface area contributed by atoms with Crippen molar-refractivity contribution >= 4 is 46.3 Å². The molecule has 0 saturated carbocycles. The summed E-state index contributed by atoms with van der Waals surface area (Å²) in [5, 5.41) is 12.1. The van der Waals surface area contributed by atoms with Crippen molar-refractivity contribution in [2.75, 3.05) is 12.0 Å². The first-order chi connectivity index (χ1) is 16.9. The van der Waals surface area contributed by atoms with E-state index in [1.807, 2.05) is 45.9 Å². The molecule has 0 aromatic heterocycles. The summed E-state index contributed by atoms with van der Waals surface area (Å²) in [5.74, 6) is -1.12. The number of aryl methyl sites for hydroxylation is 1. The number of carbonyl (C=O) groups excluding carboxylic acids is 2. The molecule has 1 aliphatic rings. The minimum atomic E-state index is -0.901. The largest absolute Gasteiger partial charge is 0.507 e. The number of ketones is 1. The van der Waals surface area contributed by atoms with Gasteiger partial charge in [-0.2, -0.15) is 0 Å². The van der Waals surface area contributed by atoms with Crippen molar-refractivity contribution in [1.29, 1.82) is 0 Å². The summed E-state index contributed by atoms with van der Waals surface area (Å²) in [4.78, 5) is 28.2. The second-order valence-electron chi connectivity index (χ2n) is 9.85. The van der Waals surface area contributed by atoms with E-state index in [0.29, 0.717) is 27.6 Å². The second kappa shape index (κ2) is 9.64. The Hall–Kier alpha value is -3.28. The maximum absolute atomic E-state index is 13.4. The van der Waals surface area contributed by atoms with Crippen LogP contribution in [0.2, 0.25) is 10.0 Å². The molecule has 7 heteroatoms. The number of Topliss-reactive ketones (excluding diaryl/α,β-unsaturated/α-hetero) is 1. The van der Waals surface area contributed by atoms with Crippen molar-refractivity contribution in [3.63, 3.8) is 0 Å². The van der Waals surface area contributed by atoms with Gasteiger partial charge in [-0.1, -0.05) is 62.2 Å². The Kier molecular flexibility index (Phi) is 6.91. The smallest absolute Gasteiger partial charge is 0.300 e. The van der Waals surface area contributed by atoms with Gasteiger partial charge in [0.2, 0.25) is 0 Å². The van der Waals surface area contributed by atoms with E-state index in [1.165, 1.54) is 4.90 Å². The summed E-state index contributed by atoms with van der Waals surface area (Å²) in [6.07, 6.45) is 0. The maximum atomic E-state index is 13.4. The number of benzene rings is 3. The lowest BCUT2D eigenvalue weighted by Crippen LogP contribution is -2.29. The molecule has 3 aromatic rings. The number of nitrogens with zero attached hydrogens (tertiary/aromatic N) is 1. The SMILES string of the molecule is COc1ccc(/C(O)=C2/C(=O)C(=O)N(c3cccc(C)c3)C2c2ccc(Cl)c(Cl)c2)cc1C(C)(C)C. The molecule has 0 radical (unpaired) electrons. The van der Waals surface area contributed by atoms with Gasteiger partial charge in [0.25, 0.3) is 11.7 Å². The number of carbonyl (C=O) groups is 2. The van der Waals surface area contributed by atoms with Crippen molar-refractivity contribution in [1.82, 2.24) is 0 Å². The third-order valence-corrected chi connectivity index (χ3v) is 7.00. The van der Waals surface area contributed by atoms with Crippen LogP contribution >= 0.6 is 23.2 Å². The fourth-order valence-corrected chi connectivity index (χ4v) is 4.78. The van der Waals surface area contributed by atoms with Gasteiger partial charge in [-0.3, -0.25) is 14.5 Å². The monoisotopic (exact) mass is 523 g/mol. The summed E-state index contributed by atoms with van der Waals surface area (Å²) in [6, 6.07) is 16.5. The average Bonchev–Trinajstić information content (AvgIpc) is 3.09. The van der Waals surface area contributed by atoms with Crippen LogP contribution in [0.4, 0.5) is 5.69 Å². The van der Waals surface area contributed by atoms with Crippen LogP contribution in [0.1, 0.15) is 49.1 Å². The molecule has 1 aliphatic heterocycles. The molecule has 0 aliphatic carbocycles. The van der Waals surface area contributed by atoms with E-state index >= 15 is 0 Å². The lowest BCUT2D eigenvalue weighted by molar-refractivity contribution is -0.132. The van der Waals surface area contributed by atoms with Crippen LogP contribution in [0.5, 0.6) is 5.75 Å². The van der Waals surface area contributed by atoms with Gasteiger partial charge in [0.1, 0.15) is 11.5 Å². The van der Waals surface area contributed by atoms with E-state index in [2.05, 4.69) is 0 Å². The minimum absolute atomic E-state index is 0.0232. The maximum Gasteiger partial charge on any atom is 0.300 e. The van der Waals surface area contributed by atoms with Crippen LogP contribution < -0.4 is 9.64 Å². The molecule has 36 heavy (non-hydrogen) atoms. The molecule has 5 nitrogen and oxygen atoms in total. The Morgan fingerprint density at radius 2 is 1.69 bits per heavy atom. The molecule has 1 amide bonds. The number of ether oxygens (including phenoxy) is 1. The molecule has 1 unspecified atom stereocenters. The lowest BCUT2D eigenvalue weighted by Gasteiger charge is -2.26. The van der Waals surface area contributed by atoms with Gasteiger partial charge in [-0.05, 0) is 65.9 Å². The lowest BCUT2D eigenvalue weighted by atomic mass is 9.84. The fourth-order valence-electron chi connectivity index (χ4n) is 4.47. The van der Waals surface area contributed by atoms with E-state index in [1.54, 1.807) is 49.6 Å². The molecule has 4 rings (SSSR count). The van der Waals surface area contributed by atoms with Gasteiger partial charge in [0.05, 0.1) is 28.8 Å². The van der Waals surface area contributed by atoms with Gasteiger partial charge >= 0.3 is 0 Å². The molecule has 0 spiro atoms. The summed E-state index contributed by atoms with van der Waals surface area (Å²) >= 11 is 12.5. The van der Waals surface area contributed by atoms with Gasteiger partial charge in [-0.25, -0.2) is 0 Å². The Labute approximate surface area is 220 Å². The normalized spacial score (nSPS) is 17.5. The third kappa shape index (κ3) is 4.61. The first-order valence-corrected chi connectivity index (χ1v) is 12.2. The van der Waals surface area contributed by atoms with Crippen LogP contribution in [-0.2, 0) is 15.0 Å². The van der Waals surface area contributed by atoms with E-state index in [4.69, 9.17) is 27.9 Å². The molecule has 1 N–H and O–H groups in total. The molecular formula is C29H27Cl2NO4. The van der Waals surface area contributed by atoms with Gasteiger partial charge in [0.15, 0.2) is 0 Å². The van der Waals surface area contributed by atoms with Crippen LogP contribution in [0.25, 0.3) is 5.76 Å². The first-order valence-electron chi connectivity index (χ1n) is 11.5. The molecule has 186 valence electrons. The van der Waals surface area contributed by atoms with Gasteiger partial charge in [-0.15, -0.1) is 0 Å².